The van der Waals surface area contributed by atoms with Crippen molar-refractivity contribution in [2.45, 2.75) is 31.0 Å². The van der Waals surface area contributed by atoms with Crippen LogP contribution in [0.1, 0.15) is 20.2 Å². The third-order valence-electron chi connectivity index (χ3n) is 5.28. The monoisotopic (exact) mass is 583 g/mol. The van der Waals surface area contributed by atoms with Gasteiger partial charge in [0, 0.05) is 17.6 Å². The molecule has 3 aromatic rings. The molecule has 212 valence electrons. The van der Waals surface area contributed by atoms with Gasteiger partial charge in [0.25, 0.3) is 0 Å². The number of benzene rings is 1. The lowest BCUT2D eigenvalue weighted by Crippen LogP contribution is -2.42. The summed E-state index contributed by atoms with van der Waals surface area (Å²) in [5.74, 6) is -5.32. The molecule has 18 heteroatoms. The lowest BCUT2D eigenvalue weighted by molar-refractivity contribution is -0.140. The first-order chi connectivity index (χ1) is 20.6. The van der Waals surface area contributed by atoms with E-state index in [1.54, 1.807) is 0 Å². The number of nitrogens with one attached hydrogen (secondary N) is 1. The van der Waals surface area contributed by atoms with Gasteiger partial charge in [-0.3, -0.25) is 14.4 Å². The zero-order valence-corrected chi connectivity index (χ0v) is 20.0. The summed E-state index contributed by atoms with van der Waals surface area (Å²) in [5, 5.41) is 12.0. The number of furan rings is 1. The van der Waals surface area contributed by atoms with Gasteiger partial charge in [0.1, 0.15) is 23.4 Å². The maximum atomic E-state index is 14.6. The van der Waals surface area contributed by atoms with Crippen LogP contribution in [0.3, 0.4) is 0 Å². The Morgan fingerprint density at radius 2 is 2.08 bits per heavy atom. The van der Waals surface area contributed by atoms with E-state index in [1.165, 1.54) is 12.1 Å². The van der Waals surface area contributed by atoms with Gasteiger partial charge in [-0.15, -0.1) is 0 Å². The van der Waals surface area contributed by atoms with Crippen LogP contribution in [0.25, 0.3) is 11.0 Å². The highest BCUT2D eigenvalue weighted by Gasteiger charge is 2.60. The second-order valence-electron chi connectivity index (χ2n) is 7.89. The molecule has 0 aliphatic carbocycles. The van der Waals surface area contributed by atoms with Crippen molar-refractivity contribution < 1.29 is 69.1 Å². The summed E-state index contributed by atoms with van der Waals surface area (Å²) in [7, 11) is -10.9. The van der Waals surface area contributed by atoms with E-state index < -0.39 is 82.8 Å². The minimum Gasteiger partial charge on any atom is -0.497 e. The lowest BCUT2D eigenvalue weighted by atomic mass is 10.1. The van der Waals surface area contributed by atoms with Gasteiger partial charge in [-0.1, -0.05) is 0 Å². The van der Waals surface area contributed by atoms with Gasteiger partial charge in [0.05, 0.1) is 28.9 Å². The molecule has 3 heterocycles. The quantitative estimate of drug-likeness (QED) is 0.266. The maximum Gasteiger partial charge on any atom is 0.469 e. The molecule has 1 amide bonds. The van der Waals surface area contributed by atoms with Crippen LogP contribution in [0.5, 0.6) is 11.5 Å². The molecule has 0 spiro atoms. The highest BCUT2D eigenvalue weighted by molar-refractivity contribution is 7.46. The first-order valence-corrected chi connectivity index (χ1v) is 12.0. The van der Waals surface area contributed by atoms with E-state index in [0.717, 1.165) is 18.3 Å². The third-order valence-corrected chi connectivity index (χ3v) is 5.76. The summed E-state index contributed by atoms with van der Waals surface area (Å²) in [6.07, 6.45) is -7.45. The number of amides is 1. The number of carbonyl (C=O) groups is 1. The zero-order valence-electron chi connectivity index (χ0n) is 25.1. The maximum absolute atomic E-state index is 14.6. The standard InChI is InChI=1S/C21H22F2N3O12P/c1-33-11-5-10-6-12(37-16(10)13(7-11)34-2)8-35-20(29)25-15-3-4-26(19(28)24-15)18-21(22,23)17(27)14(38-18)9-36-39(30,31)32/h3-7,14,17-18,27H,8-9H2,1-2H3,(H2,30,31,32)(H,24,25,28,29)/t14-,17-,18-/m1/s1/i1D3,2D3. The van der Waals surface area contributed by atoms with Gasteiger partial charge in [-0.2, -0.15) is 13.8 Å². The van der Waals surface area contributed by atoms with E-state index in [-0.39, 0.29) is 27.0 Å². The number of hydrogen-bond donors (Lipinski definition) is 4. The van der Waals surface area contributed by atoms with Gasteiger partial charge >= 0.3 is 25.5 Å². The summed E-state index contributed by atoms with van der Waals surface area (Å²) >= 11 is 0. The number of rotatable bonds is 9. The molecule has 1 saturated heterocycles. The largest absolute Gasteiger partial charge is 0.497 e. The molecule has 4 rings (SSSR count). The molecule has 0 radical (unpaired) electrons. The molecule has 0 unspecified atom stereocenters. The Bertz CT molecular complexity index is 1680. The topological polar surface area (TPSA) is 201 Å². The van der Waals surface area contributed by atoms with Crippen molar-refractivity contribution in [1.82, 2.24) is 9.55 Å². The summed E-state index contributed by atoms with van der Waals surface area (Å²) < 4.78 is 113. The van der Waals surface area contributed by atoms with Crippen LogP contribution in [-0.4, -0.2) is 69.4 Å². The predicted molar refractivity (Wildman–Crippen MR) is 124 cm³/mol. The fourth-order valence-corrected chi connectivity index (χ4v) is 3.91. The summed E-state index contributed by atoms with van der Waals surface area (Å²) in [5.41, 5.74) is -1.52. The van der Waals surface area contributed by atoms with Crippen LogP contribution < -0.4 is 20.5 Å². The highest BCUT2D eigenvalue weighted by Crippen LogP contribution is 2.44. The number of halogens is 2. The number of fused-ring (bicyclic) bond motifs is 1. The Morgan fingerprint density at radius 1 is 1.31 bits per heavy atom. The van der Waals surface area contributed by atoms with Crippen LogP contribution in [0.15, 0.2) is 39.7 Å². The number of aliphatic hydroxyl groups excluding tert-OH is 1. The molecule has 0 bridgehead atoms. The number of carbonyl (C=O) groups excluding carboxylic acids is 1. The Labute approximate surface area is 225 Å². The number of nitrogens with zero attached hydrogens (tertiary/aromatic N) is 2. The number of hydrogen-bond acceptors (Lipinski definition) is 11. The molecular weight excluding hydrogens is 555 g/mol. The highest BCUT2D eigenvalue weighted by atomic mass is 31.2. The van der Waals surface area contributed by atoms with Crippen molar-refractivity contribution in [1.29, 1.82) is 0 Å². The average Bonchev–Trinajstić information content (AvgIpc) is 3.37. The second-order valence-corrected chi connectivity index (χ2v) is 9.13. The fraction of sp³-hybridized carbons (Fsp3) is 0.381. The third kappa shape index (κ3) is 6.19. The second kappa shape index (κ2) is 10.9. The lowest BCUT2D eigenvalue weighted by Gasteiger charge is -2.21. The Hall–Kier alpha value is -3.60. The summed E-state index contributed by atoms with van der Waals surface area (Å²) in [6, 6.07) is 4.37. The molecule has 1 aromatic carbocycles. The van der Waals surface area contributed by atoms with E-state index in [4.69, 9.17) is 41.4 Å². The number of phosphoric ester groups is 1. The Balaban J connectivity index is 1.44. The molecule has 3 atom stereocenters. The summed E-state index contributed by atoms with van der Waals surface area (Å²) in [4.78, 5) is 45.7. The molecule has 1 aliphatic heterocycles. The van der Waals surface area contributed by atoms with Gasteiger partial charge in [0.2, 0.25) is 6.23 Å². The van der Waals surface area contributed by atoms with E-state index in [9.17, 15) is 28.0 Å². The number of methoxy groups -OCH3 is 2. The molecule has 15 nitrogen and oxygen atoms in total. The Morgan fingerprint density at radius 3 is 2.77 bits per heavy atom. The minimum absolute atomic E-state index is 0.0681. The number of alkyl halides is 2. The Kier molecular flexibility index (Phi) is 5.93. The van der Waals surface area contributed by atoms with Crippen molar-refractivity contribution in [2.75, 3.05) is 26.0 Å². The van der Waals surface area contributed by atoms with Crippen LogP contribution in [0.2, 0.25) is 0 Å². The van der Waals surface area contributed by atoms with Crippen LogP contribution in [0, 0.1) is 0 Å². The van der Waals surface area contributed by atoms with Crippen LogP contribution >= 0.6 is 7.82 Å². The van der Waals surface area contributed by atoms with Crippen molar-refractivity contribution in [3.05, 3.63) is 46.7 Å². The van der Waals surface area contributed by atoms with E-state index in [0.29, 0.717) is 0 Å². The molecule has 2 aromatic heterocycles. The molecular formula is C21H22F2N3O12P. The number of anilines is 1. The first kappa shape index (κ1) is 21.2. The fourth-order valence-electron chi connectivity index (χ4n) is 3.57. The zero-order chi connectivity index (χ0) is 33.5. The van der Waals surface area contributed by atoms with Crippen LogP contribution in [-0.2, 0) is 25.2 Å². The molecule has 39 heavy (non-hydrogen) atoms. The van der Waals surface area contributed by atoms with Gasteiger partial charge in [-0.05, 0) is 18.2 Å². The average molecular weight is 583 g/mol. The van der Waals surface area contributed by atoms with Gasteiger partial charge in [0.15, 0.2) is 24.0 Å². The normalized spacial score (nSPS) is 23.6. The number of phosphoric acid groups is 1. The smallest absolute Gasteiger partial charge is 0.469 e. The molecule has 4 N–H and O–H groups in total. The van der Waals surface area contributed by atoms with Gasteiger partial charge < -0.3 is 38.3 Å². The van der Waals surface area contributed by atoms with Crippen molar-refractivity contribution in [3.8, 4) is 11.5 Å². The van der Waals surface area contributed by atoms with E-state index in [1.807, 2.05) is 0 Å². The SMILES string of the molecule is [2H]C([2H])([2H])Oc1cc(OC([2H])([2H])[2H])c2oc(COC(=O)Nc3ccn([C@@H]4O[C@H](COP(=O)(O)O)[C@@H](O)C4(F)F)c(=O)n3)cc2c1. The first-order valence-electron chi connectivity index (χ1n) is 13.5. The number of aromatic nitrogens is 2. The van der Waals surface area contributed by atoms with Crippen molar-refractivity contribution in [2.24, 2.45) is 0 Å². The van der Waals surface area contributed by atoms with E-state index in [2.05, 4.69) is 14.8 Å². The number of aliphatic hydroxyl groups is 1. The van der Waals surface area contributed by atoms with Crippen molar-refractivity contribution in [3.63, 3.8) is 0 Å². The van der Waals surface area contributed by atoms with Gasteiger partial charge in [-0.25, -0.2) is 14.2 Å². The van der Waals surface area contributed by atoms with Crippen molar-refractivity contribution >= 4 is 30.7 Å². The minimum atomic E-state index is -5.09. The van der Waals surface area contributed by atoms with E-state index >= 15 is 0 Å². The molecule has 1 fully saturated rings. The molecule has 0 saturated carbocycles. The number of ether oxygens (including phenoxy) is 4. The van der Waals surface area contributed by atoms with Crippen LogP contribution in [0.4, 0.5) is 19.4 Å². The molecule has 1 aliphatic rings. The summed E-state index contributed by atoms with van der Waals surface area (Å²) in [6.45, 7) is -1.71. The predicted octanol–water partition coefficient (Wildman–Crippen LogP) is 1.76.